The second kappa shape index (κ2) is 4.90. The quantitative estimate of drug-likeness (QED) is 0.729. The molecule has 0 aliphatic carbocycles. The fourth-order valence-corrected chi connectivity index (χ4v) is 2.42. The highest BCUT2D eigenvalue weighted by molar-refractivity contribution is 6.63. The van der Waals surface area contributed by atoms with E-state index < -0.39 is 30.1 Å². The third-order valence-corrected chi connectivity index (χ3v) is 4.48. The topological polar surface area (TPSA) is 18.5 Å². The molecule has 0 amide bonds. The molecule has 21 heavy (non-hydrogen) atoms. The zero-order chi connectivity index (χ0) is 16.2. The highest BCUT2D eigenvalue weighted by Crippen LogP contribution is 2.38. The molecule has 1 heterocycles. The summed E-state index contributed by atoms with van der Waals surface area (Å²) in [5, 5.41) is -0.349. The molecule has 1 fully saturated rings. The zero-order valence-electron chi connectivity index (χ0n) is 12.6. The van der Waals surface area contributed by atoms with Crippen LogP contribution in [0.3, 0.4) is 0 Å². The molecule has 0 spiro atoms. The van der Waals surface area contributed by atoms with Gasteiger partial charge >= 0.3 is 13.3 Å². The van der Waals surface area contributed by atoms with Gasteiger partial charge in [-0.25, -0.2) is 0 Å². The van der Waals surface area contributed by atoms with Gasteiger partial charge in [0.25, 0.3) is 0 Å². The summed E-state index contributed by atoms with van der Waals surface area (Å²) in [4.78, 5) is 0. The van der Waals surface area contributed by atoms with Crippen molar-refractivity contribution >= 4 is 24.2 Å². The zero-order valence-corrected chi connectivity index (χ0v) is 13.3. The van der Waals surface area contributed by atoms with Gasteiger partial charge in [-0.3, -0.25) is 0 Å². The van der Waals surface area contributed by atoms with Crippen LogP contribution >= 0.6 is 11.6 Å². The lowest BCUT2D eigenvalue weighted by Crippen LogP contribution is -2.41. The number of hydrogen-bond donors (Lipinski definition) is 0. The molecule has 0 bridgehead atoms. The van der Waals surface area contributed by atoms with Crippen LogP contribution in [-0.4, -0.2) is 18.3 Å². The maximum absolute atomic E-state index is 12.8. The first-order chi connectivity index (χ1) is 9.35. The van der Waals surface area contributed by atoms with Crippen molar-refractivity contribution in [1.82, 2.24) is 0 Å². The van der Waals surface area contributed by atoms with E-state index in [-0.39, 0.29) is 5.02 Å². The largest absolute Gasteiger partial charge is 0.495 e. The van der Waals surface area contributed by atoms with Gasteiger partial charge in [0.05, 0.1) is 21.8 Å². The van der Waals surface area contributed by atoms with Gasteiger partial charge in [0.15, 0.2) is 0 Å². The van der Waals surface area contributed by atoms with Gasteiger partial charge in [-0.15, -0.1) is 0 Å². The van der Waals surface area contributed by atoms with Crippen LogP contribution in [0.5, 0.6) is 0 Å². The van der Waals surface area contributed by atoms with Gasteiger partial charge in [-0.2, -0.15) is 13.2 Å². The lowest BCUT2D eigenvalue weighted by Gasteiger charge is -2.32. The first-order valence-corrected chi connectivity index (χ1v) is 6.96. The summed E-state index contributed by atoms with van der Waals surface area (Å²) in [5.74, 6) is 0. The second-order valence-corrected chi connectivity index (χ2v) is 6.68. The Morgan fingerprint density at radius 1 is 1.05 bits per heavy atom. The normalized spacial score (nSPS) is 20.9. The molecule has 116 valence electrons. The summed E-state index contributed by atoms with van der Waals surface area (Å²) in [7, 11) is -0.727. The van der Waals surface area contributed by atoms with Gasteiger partial charge in [0, 0.05) is 0 Å². The van der Waals surface area contributed by atoms with E-state index in [2.05, 4.69) is 0 Å². The molecule has 1 aromatic rings. The summed E-state index contributed by atoms with van der Waals surface area (Å²) >= 11 is 5.78. The van der Waals surface area contributed by atoms with Crippen molar-refractivity contribution in [3.05, 3.63) is 28.3 Å². The Kier molecular flexibility index (Phi) is 3.88. The minimum Gasteiger partial charge on any atom is -0.399 e. The lowest BCUT2D eigenvalue weighted by molar-refractivity contribution is -0.137. The average molecular weight is 321 g/mol. The Labute approximate surface area is 127 Å². The molecule has 2 nitrogen and oxygen atoms in total. The first kappa shape index (κ1) is 16.7. The van der Waals surface area contributed by atoms with Gasteiger partial charge in [-0.05, 0) is 52.2 Å². The molecule has 0 unspecified atom stereocenters. The highest BCUT2D eigenvalue weighted by atomic mass is 35.5. The van der Waals surface area contributed by atoms with Crippen molar-refractivity contribution in [3.63, 3.8) is 0 Å². The van der Waals surface area contributed by atoms with Crippen molar-refractivity contribution in [2.75, 3.05) is 0 Å². The standard InChI is InChI=1S/C14H17BClF3O2/c1-8-6-9(14(17,18)19)11(16)7-10(8)15-20-12(2,3)13(4,5)21-15/h6-7H,1-5H3. The van der Waals surface area contributed by atoms with E-state index in [1.165, 1.54) is 6.07 Å². The Hall–Kier alpha value is -0.715. The number of alkyl halides is 3. The van der Waals surface area contributed by atoms with Gasteiger partial charge in [0.2, 0.25) is 0 Å². The van der Waals surface area contributed by atoms with E-state index in [1.807, 2.05) is 27.7 Å². The van der Waals surface area contributed by atoms with E-state index in [1.54, 1.807) is 6.92 Å². The van der Waals surface area contributed by atoms with Crippen molar-refractivity contribution in [2.45, 2.75) is 52.0 Å². The SMILES string of the molecule is Cc1cc(C(F)(F)F)c(Cl)cc1B1OC(C)(C)C(C)(C)O1. The van der Waals surface area contributed by atoms with E-state index >= 15 is 0 Å². The van der Waals surface area contributed by atoms with Crippen LogP contribution < -0.4 is 5.46 Å². The molecule has 0 aromatic heterocycles. The average Bonchev–Trinajstić information content (AvgIpc) is 2.49. The third kappa shape index (κ3) is 2.94. The van der Waals surface area contributed by atoms with E-state index in [4.69, 9.17) is 20.9 Å². The van der Waals surface area contributed by atoms with E-state index in [9.17, 15) is 13.2 Å². The molecule has 7 heteroatoms. The molecule has 0 N–H and O–H groups in total. The van der Waals surface area contributed by atoms with Crippen LogP contribution in [0.15, 0.2) is 12.1 Å². The molecule has 0 saturated carbocycles. The summed E-state index contributed by atoms with van der Waals surface area (Å²) < 4.78 is 50.2. The fourth-order valence-electron chi connectivity index (χ4n) is 2.14. The monoisotopic (exact) mass is 320 g/mol. The number of hydrogen-bond acceptors (Lipinski definition) is 2. The summed E-state index contributed by atoms with van der Waals surface area (Å²) in [5.41, 5.74) is -1.00. The fraction of sp³-hybridized carbons (Fsp3) is 0.571. The van der Waals surface area contributed by atoms with Crippen LogP contribution in [-0.2, 0) is 15.5 Å². The minimum absolute atomic E-state index is 0.349. The smallest absolute Gasteiger partial charge is 0.399 e. The number of halogens is 4. The third-order valence-electron chi connectivity index (χ3n) is 4.17. The molecule has 1 saturated heterocycles. The predicted molar refractivity (Wildman–Crippen MR) is 76.9 cm³/mol. The molecule has 2 rings (SSSR count). The first-order valence-electron chi connectivity index (χ1n) is 6.58. The molecule has 1 aliphatic rings. The molecular formula is C14H17BClF3O2. The highest BCUT2D eigenvalue weighted by Gasteiger charge is 2.52. The summed E-state index contributed by atoms with van der Waals surface area (Å²) in [6.45, 7) is 9.12. The minimum atomic E-state index is -4.48. The Balaban J connectivity index is 2.42. The van der Waals surface area contributed by atoms with Crippen molar-refractivity contribution < 1.29 is 22.5 Å². The Bertz CT molecular complexity index is 554. The van der Waals surface area contributed by atoms with Crippen molar-refractivity contribution in [1.29, 1.82) is 0 Å². The summed E-state index contributed by atoms with van der Waals surface area (Å²) in [6.07, 6.45) is -4.48. The van der Waals surface area contributed by atoms with Crippen LogP contribution in [0.1, 0.15) is 38.8 Å². The second-order valence-electron chi connectivity index (χ2n) is 6.27. The Morgan fingerprint density at radius 3 is 1.95 bits per heavy atom. The van der Waals surface area contributed by atoms with Crippen LogP contribution in [0.25, 0.3) is 0 Å². The van der Waals surface area contributed by atoms with Gasteiger partial charge in [-0.1, -0.05) is 17.2 Å². The van der Waals surface area contributed by atoms with Crippen molar-refractivity contribution in [3.8, 4) is 0 Å². The van der Waals surface area contributed by atoms with Crippen LogP contribution in [0.4, 0.5) is 13.2 Å². The predicted octanol–water partition coefficient (Wildman–Crippen LogP) is 3.97. The van der Waals surface area contributed by atoms with E-state index in [0.29, 0.717) is 11.0 Å². The Morgan fingerprint density at radius 2 is 1.52 bits per heavy atom. The summed E-state index contributed by atoms with van der Waals surface area (Å²) in [6, 6.07) is 2.31. The number of rotatable bonds is 1. The maximum atomic E-state index is 12.8. The van der Waals surface area contributed by atoms with E-state index in [0.717, 1.165) is 6.07 Å². The molecular weight excluding hydrogens is 303 g/mol. The van der Waals surface area contributed by atoms with Crippen LogP contribution in [0.2, 0.25) is 5.02 Å². The van der Waals surface area contributed by atoms with Crippen molar-refractivity contribution in [2.24, 2.45) is 0 Å². The molecule has 0 radical (unpaired) electrons. The van der Waals surface area contributed by atoms with Gasteiger partial charge in [0.1, 0.15) is 0 Å². The molecule has 1 aromatic carbocycles. The van der Waals surface area contributed by atoms with Gasteiger partial charge < -0.3 is 9.31 Å². The number of aryl methyl sites for hydroxylation is 1. The molecule has 0 atom stereocenters. The molecule has 1 aliphatic heterocycles. The van der Waals surface area contributed by atoms with Crippen LogP contribution in [0, 0.1) is 6.92 Å². The number of benzene rings is 1. The maximum Gasteiger partial charge on any atom is 0.495 e. The lowest BCUT2D eigenvalue weighted by atomic mass is 9.75.